The number of nitrogens with zero attached hydrogens (tertiary/aromatic N) is 3. The third-order valence-corrected chi connectivity index (χ3v) is 16.7. The summed E-state index contributed by atoms with van der Waals surface area (Å²) in [5, 5.41) is 6.29. The van der Waals surface area contributed by atoms with Crippen molar-refractivity contribution in [1.82, 2.24) is 30.1 Å². The number of pyridine rings is 1. The van der Waals surface area contributed by atoms with Gasteiger partial charge in [-0.3, -0.25) is 19.1 Å². The fraction of sp³-hybridized carbons (Fsp3) is 0.681. The van der Waals surface area contributed by atoms with Gasteiger partial charge in [-0.25, -0.2) is 22.6 Å². The zero-order valence-electron chi connectivity index (χ0n) is 37.3. The van der Waals surface area contributed by atoms with Crippen molar-refractivity contribution in [3.8, 4) is 11.6 Å². The van der Waals surface area contributed by atoms with Gasteiger partial charge >= 0.3 is 6.09 Å². The first-order valence-electron chi connectivity index (χ1n) is 23.6. The Balaban J connectivity index is 1.07. The number of carbonyl (C=O) groups excluding carboxylic acids is 4. The number of sulfonamides is 1. The number of hydrogen-bond donors (Lipinski definition) is 3. The van der Waals surface area contributed by atoms with Crippen LogP contribution in [0.4, 0.5) is 9.18 Å². The molecule has 64 heavy (non-hydrogen) atoms. The lowest BCUT2D eigenvalue weighted by molar-refractivity contribution is -0.139. The minimum absolute atomic E-state index is 0.0211. The van der Waals surface area contributed by atoms with Gasteiger partial charge in [0.15, 0.2) is 0 Å². The minimum Gasteiger partial charge on any atom is -0.492 e. The van der Waals surface area contributed by atoms with E-state index < -0.39 is 74.9 Å². The first kappa shape index (κ1) is 46.0. The van der Waals surface area contributed by atoms with E-state index >= 15 is 0 Å². The maximum absolute atomic E-state index is 14.4. The Kier molecular flexibility index (Phi) is 13.8. The van der Waals surface area contributed by atoms with E-state index in [0.29, 0.717) is 62.4 Å². The van der Waals surface area contributed by atoms with E-state index in [1.165, 1.54) is 11.0 Å². The molecule has 3 aliphatic carbocycles. The summed E-state index contributed by atoms with van der Waals surface area (Å²) in [6.45, 7) is 9.47. The number of amides is 4. The summed E-state index contributed by atoms with van der Waals surface area (Å²) < 4.78 is 60.9. The van der Waals surface area contributed by atoms with Crippen molar-refractivity contribution < 1.29 is 46.2 Å². The number of likely N-dealkylation sites (tertiary alicyclic amines) is 1. The predicted octanol–water partition coefficient (Wildman–Crippen LogP) is 5.49. The molecule has 2 aromatic rings. The molecular weight excluding hydrogens is 844 g/mol. The van der Waals surface area contributed by atoms with Crippen LogP contribution in [0.1, 0.15) is 109 Å². The fourth-order valence-corrected chi connectivity index (χ4v) is 11.4. The van der Waals surface area contributed by atoms with E-state index in [4.69, 9.17) is 19.2 Å². The molecule has 5 fully saturated rings. The molecule has 8 rings (SSSR count). The highest BCUT2D eigenvalue weighted by Gasteiger charge is 2.63. The second-order valence-electron chi connectivity index (χ2n) is 19.2. The summed E-state index contributed by atoms with van der Waals surface area (Å²) in [5.74, 6) is -1.09. The molecule has 2 saturated heterocycles. The number of ether oxygens (including phenoxy) is 3. The first-order chi connectivity index (χ1) is 30.8. The van der Waals surface area contributed by atoms with E-state index in [2.05, 4.69) is 33.8 Å². The number of para-hydroxylation sites is 1. The highest BCUT2D eigenvalue weighted by molar-refractivity contribution is 7.91. The molecule has 2 bridgehead atoms. The molecule has 15 nitrogen and oxygen atoms in total. The number of nitrogens with one attached hydrogen (secondary N) is 3. The van der Waals surface area contributed by atoms with Gasteiger partial charge in [-0.15, -0.1) is 6.58 Å². The van der Waals surface area contributed by atoms with Gasteiger partial charge in [0.25, 0.3) is 5.91 Å². The molecule has 350 valence electrons. The minimum atomic E-state index is -4.01. The predicted molar refractivity (Wildman–Crippen MR) is 238 cm³/mol. The summed E-state index contributed by atoms with van der Waals surface area (Å²) in [4.78, 5) is 63.9. The van der Waals surface area contributed by atoms with Crippen molar-refractivity contribution in [2.24, 2.45) is 17.8 Å². The normalized spacial score (nSPS) is 30.5. The number of alkyl halides is 1. The van der Waals surface area contributed by atoms with Crippen LogP contribution >= 0.6 is 0 Å². The Morgan fingerprint density at radius 1 is 1.09 bits per heavy atom. The molecule has 1 aromatic carbocycles. The number of rotatable bonds is 14. The van der Waals surface area contributed by atoms with Gasteiger partial charge in [0.1, 0.15) is 42.3 Å². The molecule has 4 heterocycles. The number of fused-ring (bicyclic) bond motifs is 5. The second-order valence-corrected chi connectivity index (χ2v) is 21.4. The highest BCUT2D eigenvalue weighted by atomic mass is 32.2. The molecule has 3 N–H and O–H groups in total. The Morgan fingerprint density at radius 3 is 2.66 bits per heavy atom. The molecule has 0 spiro atoms. The quantitative estimate of drug-likeness (QED) is 0.161. The second kappa shape index (κ2) is 19.1. The van der Waals surface area contributed by atoms with Crippen molar-refractivity contribution >= 4 is 44.7 Å². The van der Waals surface area contributed by atoms with Crippen LogP contribution in [0.3, 0.4) is 0 Å². The van der Waals surface area contributed by atoms with Crippen molar-refractivity contribution in [2.75, 3.05) is 39.3 Å². The van der Waals surface area contributed by atoms with Crippen molar-refractivity contribution in [2.45, 2.75) is 145 Å². The third-order valence-electron chi connectivity index (χ3n) is 14.5. The number of piperidine rings is 1. The van der Waals surface area contributed by atoms with Crippen LogP contribution in [-0.2, 0) is 35.6 Å². The van der Waals surface area contributed by atoms with Crippen LogP contribution in [-0.4, -0.2) is 121 Å². The van der Waals surface area contributed by atoms with Crippen LogP contribution in [0.2, 0.25) is 0 Å². The number of carbonyl (C=O) groups is 4. The number of hydrogen-bond acceptors (Lipinski definition) is 11. The van der Waals surface area contributed by atoms with Gasteiger partial charge in [0.2, 0.25) is 27.7 Å². The Labute approximate surface area is 376 Å². The molecule has 17 heteroatoms. The van der Waals surface area contributed by atoms with Crippen LogP contribution in [0.5, 0.6) is 11.6 Å². The standard InChI is InChI=1S/C47H65FN6O9S/c1-4-6-15-33-34-16-8-7-9-18-36-40(61-24-13-23-53-22-12-14-31(48)28-53)35-17-10-11-19-37(35)50-43(36)62-32-25-38(54(29-32)39(55)27-49-45(58)63-41(33)34)42(56)51-47(26-30(47)5-2)44(57)52-64(59,60)46(3)20-21-46/h5,10-11,17,19,30-34,38,41H,2,4,6-9,12-16,18,20-29H2,1,3H3,(H,49,58)(H,51,56)(H,52,57)/t30-,31?,32?,33?,34?,38?,41?,47-/m1/s1. The van der Waals surface area contributed by atoms with Crippen molar-refractivity contribution in [3.63, 3.8) is 0 Å². The molecule has 4 amide bonds. The van der Waals surface area contributed by atoms with Gasteiger partial charge in [-0.1, -0.05) is 50.8 Å². The zero-order chi connectivity index (χ0) is 45.2. The maximum atomic E-state index is 14.4. The fourth-order valence-electron chi connectivity index (χ4n) is 10.1. The Bertz CT molecular complexity index is 2210. The lowest BCUT2D eigenvalue weighted by Crippen LogP contribution is -2.57. The van der Waals surface area contributed by atoms with Crippen LogP contribution in [0.25, 0.3) is 10.9 Å². The van der Waals surface area contributed by atoms with Gasteiger partial charge in [0, 0.05) is 42.7 Å². The third kappa shape index (κ3) is 9.99. The Morgan fingerprint density at radius 2 is 1.91 bits per heavy atom. The van der Waals surface area contributed by atoms with E-state index in [0.717, 1.165) is 75.4 Å². The van der Waals surface area contributed by atoms with Gasteiger partial charge < -0.3 is 34.6 Å². The number of halogens is 1. The lowest BCUT2D eigenvalue weighted by Gasteiger charge is -2.28. The van der Waals surface area contributed by atoms with Crippen molar-refractivity contribution in [3.05, 3.63) is 42.5 Å². The van der Waals surface area contributed by atoms with E-state index in [1.807, 2.05) is 24.3 Å². The first-order valence-corrected chi connectivity index (χ1v) is 25.1. The van der Waals surface area contributed by atoms with E-state index in [9.17, 15) is 32.0 Å². The molecule has 0 radical (unpaired) electrons. The monoisotopic (exact) mass is 908 g/mol. The topological polar surface area (TPSA) is 186 Å². The smallest absolute Gasteiger partial charge is 0.407 e. The van der Waals surface area contributed by atoms with Crippen LogP contribution < -0.4 is 24.8 Å². The van der Waals surface area contributed by atoms with Gasteiger partial charge in [0.05, 0.1) is 29.0 Å². The average molecular weight is 909 g/mol. The lowest BCUT2D eigenvalue weighted by atomic mass is 10.0. The van der Waals surface area contributed by atoms with E-state index in [-0.39, 0.29) is 37.3 Å². The molecule has 6 unspecified atom stereocenters. The SMILES string of the molecule is C=C[C@@H]1C[C@]1(NC(=O)C1CC2CN1C(=O)CNC(=O)OC1C(CCCC)C1CCCCCc1c(nc3ccccc3c1OCCCN1CCCC(F)C1)O2)C(=O)NS(=O)(=O)C1(C)CC1. The highest BCUT2D eigenvalue weighted by Crippen LogP contribution is 2.49. The van der Waals surface area contributed by atoms with Crippen molar-refractivity contribution in [1.29, 1.82) is 0 Å². The number of benzene rings is 1. The molecule has 3 aliphatic heterocycles. The maximum Gasteiger partial charge on any atom is 0.407 e. The zero-order valence-corrected chi connectivity index (χ0v) is 38.1. The Hall–Kier alpha value is -4.51. The van der Waals surface area contributed by atoms with Gasteiger partial charge in [-0.2, -0.15) is 0 Å². The molecule has 6 aliphatic rings. The van der Waals surface area contributed by atoms with Crippen LogP contribution in [0, 0.1) is 17.8 Å². The average Bonchev–Trinajstić information content (AvgIpc) is 4.23. The summed E-state index contributed by atoms with van der Waals surface area (Å²) in [6, 6.07) is 6.55. The summed E-state index contributed by atoms with van der Waals surface area (Å²) >= 11 is 0. The summed E-state index contributed by atoms with van der Waals surface area (Å²) in [6.07, 6.45) is 9.37. The molecular formula is C47H65FN6O9S. The molecule has 3 saturated carbocycles. The number of aromatic nitrogens is 1. The summed E-state index contributed by atoms with van der Waals surface area (Å²) in [5.41, 5.74) is -0.126. The van der Waals surface area contributed by atoms with Gasteiger partial charge in [-0.05, 0) is 89.8 Å². The van der Waals surface area contributed by atoms with Crippen LogP contribution in [0.15, 0.2) is 36.9 Å². The van der Waals surface area contributed by atoms with E-state index in [1.54, 1.807) is 6.92 Å². The summed E-state index contributed by atoms with van der Waals surface area (Å²) in [7, 11) is -4.01. The molecule has 8 atom stereocenters. The molecule has 1 aromatic heterocycles. The largest absolute Gasteiger partial charge is 0.492 e. The number of unbranched alkanes of at least 4 members (excludes halogenated alkanes) is 1. The number of alkyl carbamates (subject to hydrolysis) is 1.